The number of amides is 1. The van der Waals surface area contributed by atoms with Crippen LogP contribution in [0.3, 0.4) is 0 Å². The molecule has 1 fully saturated rings. The van der Waals surface area contributed by atoms with E-state index in [1.54, 1.807) is 12.0 Å². The number of carbonyl (C=O) groups is 1. The van der Waals surface area contributed by atoms with Gasteiger partial charge in [-0.15, -0.1) is 0 Å². The minimum Gasteiger partial charge on any atom is -0.497 e. The number of nitrogens with zero attached hydrogens (tertiary/aromatic N) is 1. The molecule has 1 atom stereocenters. The summed E-state index contributed by atoms with van der Waals surface area (Å²) in [6, 6.07) is 8.53. The van der Waals surface area contributed by atoms with Gasteiger partial charge in [-0.2, -0.15) is 0 Å². The summed E-state index contributed by atoms with van der Waals surface area (Å²) in [4.78, 5) is 13.6. The number of hydrogen-bond acceptors (Lipinski definition) is 4. The zero-order valence-corrected chi connectivity index (χ0v) is 14.1. The molecular weight excluding hydrogens is 280 g/mol. The summed E-state index contributed by atoms with van der Waals surface area (Å²) in [6.45, 7) is 9.12. The van der Waals surface area contributed by atoms with Gasteiger partial charge in [0.25, 0.3) is 0 Å². The van der Waals surface area contributed by atoms with Crippen molar-refractivity contribution in [3.63, 3.8) is 0 Å². The van der Waals surface area contributed by atoms with E-state index in [1.807, 2.05) is 39.0 Å². The molecule has 0 unspecified atom stereocenters. The van der Waals surface area contributed by atoms with E-state index in [0.29, 0.717) is 19.1 Å². The molecule has 1 aromatic carbocycles. The molecule has 0 spiro atoms. The first-order valence-corrected chi connectivity index (χ1v) is 7.66. The summed E-state index contributed by atoms with van der Waals surface area (Å²) in [6.07, 6.45) is -0.236. The summed E-state index contributed by atoms with van der Waals surface area (Å²) in [7, 11) is 1.67. The summed E-state index contributed by atoms with van der Waals surface area (Å²) in [5.41, 5.74) is 0.735. The SMILES string of the molecule is COc1cccc([C@H](C)NC2CN(C(=O)OC(C)(C)C)C2)c1. The van der Waals surface area contributed by atoms with Crippen LogP contribution >= 0.6 is 0 Å². The molecule has 0 aliphatic carbocycles. The maximum Gasteiger partial charge on any atom is 0.410 e. The number of carbonyl (C=O) groups excluding carboxylic acids is 1. The van der Waals surface area contributed by atoms with E-state index in [2.05, 4.69) is 18.3 Å². The molecule has 22 heavy (non-hydrogen) atoms. The van der Waals surface area contributed by atoms with Gasteiger partial charge in [0.05, 0.1) is 7.11 Å². The zero-order valence-electron chi connectivity index (χ0n) is 14.1. The predicted molar refractivity (Wildman–Crippen MR) is 86.1 cm³/mol. The Balaban J connectivity index is 1.80. The largest absolute Gasteiger partial charge is 0.497 e. The van der Waals surface area contributed by atoms with Crippen molar-refractivity contribution < 1.29 is 14.3 Å². The standard InChI is InChI=1S/C17H26N2O3/c1-12(13-7-6-8-15(9-13)21-5)18-14-10-19(11-14)16(20)22-17(2,3)4/h6-9,12,14,18H,10-11H2,1-5H3/t12-/m0/s1. The van der Waals surface area contributed by atoms with Crippen LogP contribution < -0.4 is 10.1 Å². The van der Waals surface area contributed by atoms with Crippen LogP contribution in [0, 0.1) is 0 Å². The Labute approximate surface area is 132 Å². The van der Waals surface area contributed by atoms with Crippen molar-refractivity contribution in [2.24, 2.45) is 0 Å². The van der Waals surface area contributed by atoms with Crippen LogP contribution in [0.1, 0.15) is 39.3 Å². The Morgan fingerprint density at radius 3 is 2.64 bits per heavy atom. The fourth-order valence-electron chi connectivity index (χ4n) is 2.42. The number of methoxy groups -OCH3 is 1. The smallest absolute Gasteiger partial charge is 0.410 e. The third-order valence-corrected chi connectivity index (χ3v) is 3.61. The molecule has 5 nitrogen and oxygen atoms in total. The Morgan fingerprint density at radius 2 is 2.05 bits per heavy atom. The topological polar surface area (TPSA) is 50.8 Å². The average molecular weight is 306 g/mol. The first kappa shape index (κ1) is 16.6. The van der Waals surface area contributed by atoms with Crippen molar-refractivity contribution in [1.29, 1.82) is 0 Å². The highest BCUT2D eigenvalue weighted by molar-refractivity contribution is 5.69. The van der Waals surface area contributed by atoms with Crippen LogP contribution in [-0.2, 0) is 4.74 Å². The number of benzene rings is 1. The van der Waals surface area contributed by atoms with E-state index in [4.69, 9.17) is 9.47 Å². The lowest BCUT2D eigenvalue weighted by atomic mass is 10.0. The maximum absolute atomic E-state index is 11.9. The first-order valence-electron chi connectivity index (χ1n) is 7.66. The van der Waals surface area contributed by atoms with Crippen LogP contribution in [0.25, 0.3) is 0 Å². The molecule has 1 aliphatic heterocycles. The van der Waals surface area contributed by atoms with Gasteiger partial charge in [-0.05, 0) is 45.4 Å². The summed E-state index contributed by atoms with van der Waals surface area (Å²) >= 11 is 0. The van der Waals surface area contributed by atoms with E-state index in [-0.39, 0.29) is 12.1 Å². The second-order valence-corrected chi connectivity index (χ2v) is 6.75. The fraction of sp³-hybridized carbons (Fsp3) is 0.588. The zero-order chi connectivity index (χ0) is 16.3. The average Bonchev–Trinajstić information content (AvgIpc) is 2.40. The molecule has 5 heteroatoms. The molecule has 1 aromatic rings. The molecule has 0 radical (unpaired) electrons. The second-order valence-electron chi connectivity index (χ2n) is 6.75. The summed E-state index contributed by atoms with van der Waals surface area (Å²) in [5.74, 6) is 0.857. The Morgan fingerprint density at radius 1 is 1.36 bits per heavy atom. The molecule has 1 heterocycles. The van der Waals surface area contributed by atoms with Gasteiger partial charge in [0.1, 0.15) is 11.4 Å². The van der Waals surface area contributed by atoms with Crippen LogP contribution in [0.5, 0.6) is 5.75 Å². The van der Waals surface area contributed by atoms with E-state index >= 15 is 0 Å². The minimum atomic E-state index is -0.441. The van der Waals surface area contributed by atoms with Crippen molar-refractivity contribution in [3.05, 3.63) is 29.8 Å². The van der Waals surface area contributed by atoms with Gasteiger partial charge in [-0.25, -0.2) is 4.79 Å². The van der Waals surface area contributed by atoms with Gasteiger partial charge in [0.15, 0.2) is 0 Å². The van der Waals surface area contributed by atoms with E-state index in [9.17, 15) is 4.79 Å². The molecule has 2 rings (SSSR count). The van der Waals surface area contributed by atoms with Gasteiger partial charge in [0.2, 0.25) is 0 Å². The molecule has 0 aromatic heterocycles. The van der Waals surface area contributed by atoms with Crippen molar-refractivity contribution in [1.82, 2.24) is 10.2 Å². The number of ether oxygens (including phenoxy) is 2. The summed E-state index contributed by atoms with van der Waals surface area (Å²) in [5, 5.41) is 3.53. The van der Waals surface area contributed by atoms with Gasteiger partial charge in [-0.3, -0.25) is 0 Å². The Kier molecular flexibility index (Phi) is 4.96. The van der Waals surface area contributed by atoms with Crippen LogP contribution in [0.15, 0.2) is 24.3 Å². The number of hydrogen-bond donors (Lipinski definition) is 1. The molecule has 122 valence electrons. The minimum absolute atomic E-state index is 0.209. The predicted octanol–water partition coefficient (Wildman–Crippen LogP) is 2.97. The second kappa shape index (κ2) is 6.57. The normalized spacial score (nSPS) is 16.9. The molecule has 1 aliphatic rings. The lowest BCUT2D eigenvalue weighted by Gasteiger charge is -2.41. The van der Waals surface area contributed by atoms with Crippen LogP contribution in [0.4, 0.5) is 4.79 Å². The lowest BCUT2D eigenvalue weighted by molar-refractivity contribution is 0.00434. The lowest BCUT2D eigenvalue weighted by Crippen LogP contribution is -2.60. The number of likely N-dealkylation sites (tertiary alicyclic amines) is 1. The number of nitrogens with one attached hydrogen (secondary N) is 1. The first-order chi connectivity index (χ1) is 10.3. The molecule has 0 saturated carbocycles. The number of rotatable bonds is 4. The van der Waals surface area contributed by atoms with Crippen LogP contribution in [-0.4, -0.2) is 42.8 Å². The van der Waals surface area contributed by atoms with Crippen LogP contribution in [0.2, 0.25) is 0 Å². The van der Waals surface area contributed by atoms with Crippen molar-refractivity contribution in [2.45, 2.75) is 45.4 Å². The van der Waals surface area contributed by atoms with Crippen molar-refractivity contribution in [2.75, 3.05) is 20.2 Å². The van der Waals surface area contributed by atoms with E-state index in [0.717, 1.165) is 5.75 Å². The third-order valence-electron chi connectivity index (χ3n) is 3.61. The van der Waals surface area contributed by atoms with Gasteiger partial charge < -0.3 is 19.7 Å². The van der Waals surface area contributed by atoms with Gasteiger partial charge in [0, 0.05) is 25.2 Å². The quantitative estimate of drug-likeness (QED) is 0.929. The molecule has 0 bridgehead atoms. The van der Waals surface area contributed by atoms with Gasteiger partial charge >= 0.3 is 6.09 Å². The summed E-state index contributed by atoms with van der Waals surface area (Å²) < 4.78 is 10.6. The maximum atomic E-state index is 11.9. The van der Waals surface area contributed by atoms with E-state index < -0.39 is 5.60 Å². The van der Waals surface area contributed by atoms with Crippen molar-refractivity contribution in [3.8, 4) is 5.75 Å². The highest BCUT2D eigenvalue weighted by Crippen LogP contribution is 2.21. The molecular formula is C17H26N2O3. The molecule has 1 N–H and O–H groups in total. The van der Waals surface area contributed by atoms with Crippen molar-refractivity contribution >= 4 is 6.09 Å². The Hall–Kier alpha value is -1.75. The fourth-order valence-corrected chi connectivity index (χ4v) is 2.42. The third kappa shape index (κ3) is 4.37. The highest BCUT2D eigenvalue weighted by atomic mass is 16.6. The molecule has 1 amide bonds. The van der Waals surface area contributed by atoms with E-state index in [1.165, 1.54) is 5.56 Å². The molecule has 1 saturated heterocycles. The van der Waals surface area contributed by atoms with Gasteiger partial charge in [-0.1, -0.05) is 12.1 Å². The Bertz CT molecular complexity index is 519. The highest BCUT2D eigenvalue weighted by Gasteiger charge is 2.34. The monoisotopic (exact) mass is 306 g/mol.